The van der Waals surface area contributed by atoms with E-state index in [1.54, 1.807) is 6.33 Å². The summed E-state index contributed by atoms with van der Waals surface area (Å²) in [6.45, 7) is 4.37. The molecule has 1 atom stereocenters. The summed E-state index contributed by atoms with van der Waals surface area (Å²) in [5, 5.41) is 9.10. The standard InChI is InChI=1S/C17H24N6S/c1-11-6-4-7-12-13(11)14-15-19-10-20-23(15)17(21-16(14)24-12)18-8-5-9-22(2)3/h10-11H,4-9H2,1-3H3,(H,18,21)/p+1/t11-/m1/s1. The van der Waals surface area contributed by atoms with Gasteiger partial charge in [-0.1, -0.05) is 6.92 Å². The molecule has 4 rings (SSSR count). The summed E-state index contributed by atoms with van der Waals surface area (Å²) in [5.41, 5.74) is 2.42. The molecular formula is C17H25N6S+. The van der Waals surface area contributed by atoms with E-state index in [9.17, 15) is 0 Å². The summed E-state index contributed by atoms with van der Waals surface area (Å²) in [6.07, 6.45) is 6.46. The zero-order valence-corrected chi connectivity index (χ0v) is 15.4. The van der Waals surface area contributed by atoms with Gasteiger partial charge in [-0.05, 0) is 30.7 Å². The van der Waals surface area contributed by atoms with Gasteiger partial charge in [0, 0.05) is 17.8 Å². The third-order valence-electron chi connectivity index (χ3n) is 4.85. The molecule has 0 fully saturated rings. The molecule has 6 nitrogen and oxygen atoms in total. The van der Waals surface area contributed by atoms with Gasteiger partial charge in [-0.2, -0.15) is 9.61 Å². The van der Waals surface area contributed by atoms with E-state index in [0.29, 0.717) is 5.92 Å². The molecule has 0 radical (unpaired) electrons. The Bertz CT molecular complexity index is 865. The number of aryl methyl sites for hydroxylation is 1. The van der Waals surface area contributed by atoms with Crippen LogP contribution in [0, 0.1) is 0 Å². The van der Waals surface area contributed by atoms with Crippen LogP contribution in [-0.2, 0) is 6.42 Å². The molecule has 0 saturated heterocycles. The molecule has 0 saturated carbocycles. The number of thiophene rings is 1. The molecule has 0 aromatic carbocycles. The number of aromatic nitrogens is 4. The summed E-state index contributed by atoms with van der Waals surface area (Å²) < 4.78 is 1.87. The number of hydrogen-bond donors (Lipinski definition) is 2. The number of hydrogen-bond acceptors (Lipinski definition) is 5. The van der Waals surface area contributed by atoms with Crippen LogP contribution in [0.3, 0.4) is 0 Å². The maximum atomic E-state index is 4.89. The van der Waals surface area contributed by atoms with Crippen LogP contribution >= 0.6 is 11.3 Å². The molecule has 24 heavy (non-hydrogen) atoms. The zero-order valence-electron chi connectivity index (χ0n) is 14.6. The minimum absolute atomic E-state index is 0.590. The highest BCUT2D eigenvalue weighted by Crippen LogP contribution is 2.43. The summed E-state index contributed by atoms with van der Waals surface area (Å²) in [7, 11) is 4.36. The van der Waals surface area contributed by atoms with E-state index < -0.39 is 0 Å². The van der Waals surface area contributed by atoms with Crippen molar-refractivity contribution in [1.29, 1.82) is 0 Å². The largest absolute Gasteiger partial charge is 0.354 e. The fourth-order valence-electron chi connectivity index (χ4n) is 3.66. The van der Waals surface area contributed by atoms with E-state index in [2.05, 4.69) is 36.4 Å². The predicted octanol–water partition coefficient (Wildman–Crippen LogP) is 1.73. The van der Waals surface area contributed by atoms with Crippen LogP contribution in [-0.4, -0.2) is 46.8 Å². The molecule has 128 valence electrons. The maximum absolute atomic E-state index is 4.89. The van der Waals surface area contributed by atoms with Gasteiger partial charge in [0.1, 0.15) is 11.2 Å². The summed E-state index contributed by atoms with van der Waals surface area (Å²) >= 11 is 1.84. The number of quaternary nitrogens is 1. The molecule has 7 heteroatoms. The third kappa shape index (κ3) is 2.65. The first kappa shape index (κ1) is 15.8. The Balaban J connectivity index is 1.74. The molecule has 3 aromatic heterocycles. The van der Waals surface area contributed by atoms with Gasteiger partial charge in [0.25, 0.3) is 0 Å². The van der Waals surface area contributed by atoms with Crippen molar-refractivity contribution >= 4 is 33.1 Å². The van der Waals surface area contributed by atoms with Crippen LogP contribution < -0.4 is 10.2 Å². The lowest BCUT2D eigenvalue weighted by Crippen LogP contribution is -3.05. The fraction of sp³-hybridized carbons (Fsp3) is 0.588. The maximum Gasteiger partial charge on any atom is 0.227 e. The Morgan fingerprint density at radius 2 is 2.29 bits per heavy atom. The van der Waals surface area contributed by atoms with Crippen molar-refractivity contribution in [1.82, 2.24) is 19.6 Å². The van der Waals surface area contributed by atoms with Crippen molar-refractivity contribution < 1.29 is 4.90 Å². The molecule has 2 N–H and O–H groups in total. The monoisotopic (exact) mass is 345 g/mol. The van der Waals surface area contributed by atoms with Crippen LogP contribution in [0.15, 0.2) is 6.33 Å². The minimum atomic E-state index is 0.590. The smallest absolute Gasteiger partial charge is 0.227 e. The lowest BCUT2D eigenvalue weighted by Gasteiger charge is -2.18. The SMILES string of the molecule is C[C@@H]1CCCc2sc3nc(NCCC[NH+](C)C)n4ncnc4c3c21. The minimum Gasteiger partial charge on any atom is -0.354 e. The molecule has 3 heterocycles. The summed E-state index contributed by atoms with van der Waals surface area (Å²) in [5.74, 6) is 1.40. The van der Waals surface area contributed by atoms with E-state index in [0.717, 1.165) is 35.9 Å². The average molecular weight is 345 g/mol. The molecule has 1 aliphatic carbocycles. The molecule has 0 amide bonds. The number of fused-ring (bicyclic) bond motifs is 5. The lowest BCUT2D eigenvalue weighted by molar-refractivity contribution is -0.858. The summed E-state index contributed by atoms with van der Waals surface area (Å²) in [6, 6.07) is 0. The quantitative estimate of drug-likeness (QED) is 0.692. The van der Waals surface area contributed by atoms with E-state index >= 15 is 0 Å². The van der Waals surface area contributed by atoms with Crippen LogP contribution in [0.1, 0.15) is 42.5 Å². The molecular weight excluding hydrogens is 320 g/mol. The highest BCUT2D eigenvalue weighted by molar-refractivity contribution is 7.19. The van der Waals surface area contributed by atoms with Crippen LogP contribution in [0.5, 0.6) is 0 Å². The first-order valence-electron chi connectivity index (χ1n) is 8.83. The molecule has 0 unspecified atom stereocenters. The average Bonchev–Trinajstić information content (AvgIpc) is 3.15. The first-order chi connectivity index (χ1) is 11.6. The molecule has 0 spiro atoms. The Labute approximate surface area is 145 Å². The van der Waals surface area contributed by atoms with E-state index in [1.165, 1.54) is 40.0 Å². The van der Waals surface area contributed by atoms with Crippen molar-refractivity contribution in [3.05, 3.63) is 16.8 Å². The Kier molecular flexibility index (Phi) is 4.14. The highest BCUT2D eigenvalue weighted by atomic mass is 32.1. The van der Waals surface area contributed by atoms with Gasteiger partial charge < -0.3 is 10.2 Å². The zero-order chi connectivity index (χ0) is 16.7. The van der Waals surface area contributed by atoms with Gasteiger partial charge in [0.15, 0.2) is 5.65 Å². The second kappa shape index (κ2) is 6.29. The van der Waals surface area contributed by atoms with Crippen LogP contribution in [0.2, 0.25) is 0 Å². The van der Waals surface area contributed by atoms with Crippen molar-refractivity contribution in [3.63, 3.8) is 0 Å². The topological polar surface area (TPSA) is 59.6 Å². The van der Waals surface area contributed by atoms with Crippen molar-refractivity contribution in [2.24, 2.45) is 0 Å². The number of nitrogens with one attached hydrogen (secondary N) is 2. The molecule has 1 aliphatic rings. The molecule has 3 aromatic rings. The van der Waals surface area contributed by atoms with Gasteiger partial charge in [-0.25, -0.2) is 9.97 Å². The molecule has 0 bridgehead atoms. The second-order valence-corrected chi connectivity index (χ2v) is 8.16. The Morgan fingerprint density at radius 1 is 1.42 bits per heavy atom. The second-order valence-electron chi connectivity index (χ2n) is 7.08. The van der Waals surface area contributed by atoms with Crippen molar-refractivity contribution in [3.8, 4) is 0 Å². The Morgan fingerprint density at radius 3 is 3.12 bits per heavy atom. The van der Waals surface area contributed by atoms with Gasteiger partial charge in [-0.15, -0.1) is 11.3 Å². The lowest BCUT2D eigenvalue weighted by atomic mass is 9.87. The third-order valence-corrected chi connectivity index (χ3v) is 6.01. The number of anilines is 1. The van der Waals surface area contributed by atoms with Crippen LogP contribution in [0.4, 0.5) is 5.95 Å². The first-order valence-corrected chi connectivity index (χ1v) is 9.64. The van der Waals surface area contributed by atoms with Crippen molar-refractivity contribution in [2.45, 2.75) is 38.5 Å². The van der Waals surface area contributed by atoms with Gasteiger partial charge in [0.2, 0.25) is 5.95 Å². The Hall–Kier alpha value is -1.73. The van der Waals surface area contributed by atoms with Crippen LogP contribution in [0.25, 0.3) is 15.9 Å². The number of rotatable bonds is 5. The van der Waals surface area contributed by atoms with E-state index in [1.807, 2.05) is 15.9 Å². The number of nitrogens with zero attached hydrogens (tertiary/aromatic N) is 4. The van der Waals surface area contributed by atoms with Gasteiger partial charge in [-0.3, -0.25) is 0 Å². The van der Waals surface area contributed by atoms with Crippen molar-refractivity contribution in [2.75, 3.05) is 32.5 Å². The highest BCUT2D eigenvalue weighted by Gasteiger charge is 2.25. The van der Waals surface area contributed by atoms with E-state index in [4.69, 9.17) is 4.98 Å². The fourth-order valence-corrected chi connectivity index (χ4v) is 4.99. The van der Waals surface area contributed by atoms with Gasteiger partial charge in [0.05, 0.1) is 26.0 Å². The summed E-state index contributed by atoms with van der Waals surface area (Å²) in [4.78, 5) is 13.5. The van der Waals surface area contributed by atoms with Gasteiger partial charge >= 0.3 is 0 Å². The molecule has 0 aliphatic heterocycles. The van der Waals surface area contributed by atoms with E-state index in [-0.39, 0.29) is 0 Å². The normalized spacial score (nSPS) is 17.8. The predicted molar refractivity (Wildman–Crippen MR) is 98.3 cm³/mol.